The van der Waals surface area contributed by atoms with Gasteiger partial charge < -0.3 is 15.0 Å². The van der Waals surface area contributed by atoms with Gasteiger partial charge in [-0.05, 0) is 44.4 Å². The highest BCUT2D eigenvalue weighted by molar-refractivity contribution is 5.98. The Morgan fingerprint density at radius 2 is 2.22 bits per heavy atom. The van der Waals surface area contributed by atoms with E-state index in [-0.39, 0.29) is 5.91 Å². The van der Waals surface area contributed by atoms with Crippen LogP contribution in [0.4, 0.5) is 0 Å². The predicted octanol–water partition coefficient (Wildman–Crippen LogP) is 3.60. The number of hydrogen-bond donors (Lipinski definition) is 2. The SMILES string of the molecule is CCOc1cc(C2CC2)nc2cc(C(=O)NCCCc3ncc[nH]3)ccc12. The zero-order valence-electron chi connectivity index (χ0n) is 15.5. The summed E-state index contributed by atoms with van der Waals surface area (Å²) >= 11 is 0. The van der Waals surface area contributed by atoms with Crippen molar-refractivity contribution in [2.75, 3.05) is 13.2 Å². The number of rotatable bonds is 8. The quantitative estimate of drug-likeness (QED) is 0.599. The summed E-state index contributed by atoms with van der Waals surface area (Å²) in [5, 5.41) is 3.93. The van der Waals surface area contributed by atoms with Crippen LogP contribution in [0.1, 0.15) is 54.0 Å². The van der Waals surface area contributed by atoms with Gasteiger partial charge in [0.1, 0.15) is 11.6 Å². The number of aromatic amines is 1. The fraction of sp³-hybridized carbons (Fsp3) is 0.381. The molecule has 0 unspecified atom stereocenters. The highest BCUT2D eigenvalue weighted by Gasteiger charge is 2.26. The third-order valence-electron chi connectivity index (χ3n) is 4.78. The monoisotopic (exact) mass is 364 g/mol. The van der Waals surface area contributed by atoms with Gasteiger partial charge in [0.2, 0.25) is 0 Å². The van der Waals surface area contributed by atoms with E-state index >= 15 is 0 Å². The number of hydrogen-bond acceptors (Lipinski definition) is 4. The van der Waals surface area contributed by atoms with Crippen LogP contribution in [-0.2, 0) is 6.42 Å². The lowest BCUT2D eigenvalue weighted by Gasteiger charge is -2.11. The van der Waals surface area contributed by atoms with E-state index in [1.807, 2.05) is 31.3 Å². The first kappa shape index (κ1) is 17.5. The van der Waals surface area contributed by atoms with Crippen LogP contribution in [-0.4, -0.2) is 34.0 Å². The normalized spacial score (nSPS) is 13.7. The third kappa shape index (κ3) is 4.10. The van der Waals surface area contributed by atoms with Crippen LogP contribution in [0, 0.1) is 0 Å². The number of ether oxygens (including phenoxy) is 1. The average Bonchev–Trinajstić information content (AvgIpc) is 3.41. The number of imidazole rings is 1. The molecule has 0 atom stereocenters. The number of H-pyrrole nitrogens is 1. The van der Waals surface area contributed by atoms with E-state index in [2.05, 4.69) is 21.4 Å². The van der Waals surface area contributed by atoms with Crippen LogP contribution in [0.15, 0.2) is 36.7 Å². The second-order valence-corrected chi connectivity index (χ2v) is 6.88. The van der Waals surface area contributed by atoms with Crippen LogP contribution in [0.5, 0.6) is 5.75 Å². The molecule has 6 heteroatoms. The fourth-order valence-electron chi connectivity index (χ4n) is 3.21. The number of amides is 1. The van der Waals surface area contributed by atoms with Crippen molar-refractivity contribution in [3.63, 3.8) is 0 Å². The topological polar surface area (TPSA) is 79.9 Å². The molecule has 1 amide bonds. The van der Waals surface area contributed by atoms with Crippen molar-refractivity contribution in [1.29, 1.82) is 0 Å². The summed E-state index contributed by atoms with van der Waals surface area (Å²) in [6.07, 6.45) is 7.56. The number of pyridine rings is 1. The number of aromatic nitrogens is 3. The van der Waals surface area contributed by atoms with Crippen molar-refractivity contribution < 1.29 is 9.53 Å². The van der Waals surface area contributed by atoms with Gasteiger partial charge in [-0.2, -0.15) is 0 Å². The van der Waals surface area contributed by atoms with Crippen LogP contribution < -0.4 is 10.1 Å². The number of benzene rings is 1. The number of carbonyl (C=O) groups is 1. The van der Waals surface area contributed by atoms with Gasteiger partial charge in [0.05, 0.1) is 12.1 Å². The summed E-state index contributed by atoms with van der Waals surface area (Å²) in [6, 6.07) is 7.69. The predicted molar refractivity (Wildman–Crippen MR) is 104 cm³/mol. The molecule has 27 heavy (non-hydrogen) atoms. The molecule has 3 aromatic rings. The van der Waals surface area contributed by atoms with Gasteiger partial charge in [0.15, 0.2) is 0 Å². The molecular weight excluding hydrogens is 340 g/mol. The van der Waals surface area contributed by atoms with Gasteiger partial charge in [-0.15, -0.1) is 0 Å². The number of fused-ring (bicyclic) bond motifs is 1. The Labute approximate surface area is 158 Å². The first-order valence-corrected chi connectivity index (χ1v) is 9.58. The standard InChI is InChI=1S/C21H24N4O2/c1-2-27-19-13-17(14-5-6-14)25-18-12-15(7-8-16(18)19)21(26)24-9-3-4-20-22-10-11-23-20/h7-8,10-14H,2-6,9H2,1H3,(H,22,23)(H,24,26). The van der Waals surface area contributed by atoms with Crippen molar-refractivity contribution in [3.05, 3.63) is 53.7 Å². The number of carbonyl (C=O) groups excluding carboxylic acids is 1. The molecule has 1 aliphatic carbocycles. The summed E-state index contributed by atoms with van der Waals surface area (Å²) in [5.74, 6) is 2.26. The van der Waals surface area contributed by atoms with Crippen molar-refractivity contribution in [2.45, 2.75) is 38.5 Å². The van der Waals surface area contributed by atoms with E-state index in [4.69, 9.17) is 9.72 Å². The minimum absolute atomic E-state index is 0.0760. The molecule has 6 nitrogen and oxygen atoms in total. The first-order valence-electron chi connectivity index (χ1n) is 9.58. The van der Waals surface area contributed by atoms with Gasteiger partial charge in [0.25, 0.3) is 5.91 Å². The summed E-state index contributed by atoms with van der Waals surface area (Å²) < 4.78 is 5.80. The van der Waals surface area contributed by atoms with Gasteiger partial charge >= 0.3 is 0 Å². The lowest BCUT2D eigenvalue weighted by Crippen LogP contribution is -2.24. The van der Waals surface area contributed by atoms with Crippen LogP contribution in [0.2, 0.25) is 0 Å². The van der Waals surface area contributed by atoms with E-state index in [1.54, 1.807) is 6.20 Å². The molecule has 0 radical (unpaired) electrons. The van der Waals surface area contributed by atoms with E-state index < -0.39 is 0 Å². The Morgan fingerprint density at radius 1 is 1.33 bits per heavy atom. The lowest BCUT2D eigenvalue weighted by atomic mass is 10.1. The summed E-state index contributed by atoms with van der Waals surface area (Å²) in [4.78, 5) is 24.5. The Bertz CT molecular complexity index is 933. The number of nitrogens with zero attached hydrogens (tertiary/aromatic N) is 2. The van der Waals surface area contributed by atoms with Crippen LogP contribution >= 0.6 is 0 Å². The second-order valence-electron chi connectivity index (χ2n) is 6.88. The highest BCUT2D eigenvalue weighted by atomic mass is 16.5. The van der Waals surface area contributed by atoms with E-state index in [0.29, 0.717) is 24.6 Å². The molecule has 2 aromatic heterocycles. The first-order chi connectivity index (χ1) is 13.2. The zero-order chi connectivity index (χ0) is 18.6. The minimum Gasteiger partial charge on any atom is -0.493 e. The third-order valence-corrected chi connectivity index (χ3v) is 4.78. The molecule has 4 rings (SSSR count). The largest absolute Gasteiger partial charge is 0.493 e. The molecule has 1 fully saturated rings. The van der Waals surface area contributed by atoms with E-state index in [9.17, 15) is 4.79 Å². The lowest BCUT2D eigenvalue weighted by molar-refractivity contribution is 0.0953. The summed E-state index contributed by atoms with van der Waals surface area (Å²) in [7, 11) is 0. The maximum Gasteiger partial charge on any atom is 0.251 e. The van der Waals surface area contributed by atoms with Crippen molar-refractivity contribution in [1.82, 2.24) is 20.3 Å². The Hall–Kier alpha value is -2.89. The molecule has 2 heterocycles. The Balaban J connectivity index is 1.47. The van der Waals surface area contributed by atoms with Gasteiger partial charge in [-0.25, -0.2) is 4.98 Å². The van der Waals surface area contributed by atoms with Crippen molar-refractivity contribution in [3.8, 4) is 5.75 Å². The molecular formula is C21H24N4O2. The molecule has 1 aliphatic rings. The van der Waals surface area contributed by atoms with Crippen molar-refractivity contribution >= 4 is 16.8 Å². The Kier molecular flexibility index (Phi) is 5.05. The average molecular weight is 364 g/mol. The molecule has 2 N–H and O–H groups in total. The van der Waals surface area contributed by atoms with Gasteiger partial charge in [-0.1, -0.05) is 0 Å². The molecule has 0 bridgehead atoms. The second kappa shape index (κ2) is 7.78. The van der Waals surface area contributed by atoms with Crippen molar-refractivity contribution in [2.24, 2.45) is 0 Å². The maximum absolute atomic E-state index is 12.5. The number of aryl methyl sites for hydroxylation is 1. The molecule has 0 spiro atoms. The molecule has 0 aliphatic heterocycles. The fourth-order valence-corrected chi connectivity index (χ4v) is 3.21. The molecule has 1 aromatic carbocycles. The smallest absolute Gasteiger partial charge is 0.251 e. The van der Waals surface area contributed by atoms with E-state index in [0.717, 1.165) is 41.0 Å². The van der Waals surface area contributed by atoms with Crippen LogP contribution in [0.3, 0.4) is 0 Å². The Morgan fingerprint density at radius 3 is 2.96 bits per heavy atom. The highest BCUT2D eigenvalue weighted by Crippen LogP contribution is 2.41. The molecule has 140 valence electrons. The van der Waals surface area contributed by atoms with Crippen LogP contribution in [0.25, 0.3) is 10.9 Å². The van der Waals surface area contributed by atoms with Gasteiger partial charge in [-0.3, -0.25) is 9.78 Å². The van der Waals surface area contributed by atoms with E-state index in [1.165, 1.54) is 12.8 Å². The summed E-state index contributed by atoms with van der Waals surface area (Å²) in [5.41, 5.74) is 2.52. The van der Waals surface area contributed by atoms with Gasteiger partial charge in [0, 0.05) is 54.0 Å². The molecule has 0 saturated heterocycles. The number of nitrogens with one attached hydrogen (secondary N) is 2. The minimum atomic E-state index is -0.0760. The molecule has 1 saturated carbocycles. The maximum atomic E-state index is 12.5. The zero-order valence-corrected chi connectivity index (χ0v) is 15.5. The summed E-state index contributed by atoms with van der Waals surface area (Å²) in [6.45, 7) is 3.20.